The first-order valence-electron chi connectivity index (χ1n) is 10.8. The standard InChI is InChI=1S/C26H27N3O3S/c1-29(2)20-12-13-22-23(16-20)25(32-3)15-14-24(22)28-33(30,31)26-7-5-4-6-21(26)19-10-8-18(17-27)9-11-19/h4-11,14-15,20,28H,12-13,16H2,1-3H3/t20-/m0/s1. The van der Waals surface area contributed by atoms with E-state index in [0.29, 0.717) is 22.9 Å². The predicted molar refractivity (Wildman–Crippen MR) is 130 cm³/mol. The first-order chi connectivity index (χ1) is 15.8. The van der Waals surface area contributed by atoms with E-state index in [9.17, 15) is 8.42 Å². The smallest absolute Gasteiger partial charge is 0.262 e. The Kier molecular flexibility index (Phi) is 6.41. The number of anilines is 1. The van der Waals surface area contributed by atoms with Gasteiger partial charge >= 0.3 is 0 Å². The third kappa shape index (κ3) is 4.58. The lowest BCUT2D eigenvalue weighted by atomic mass is 9.86. The number of nitrogens with one attached hydrogen (secondary N) is 1. The zero-order valence-electron chi connectivity index (χ0n) is 19.0. The molecule has 0 spiro atoms. The van der Waals surface area contributed by atoms with Gasteiger partial charge in [-0.15, -0.1) is 0 Å². The monoisotopic (exact) mass is 461 g/mol. The maximum atomic E-state index is 13.5. The highest BCUT2D eigenvalue weighted by Gasteiger charge is 2.27. The van der Waals surface area contributed by atoms with Gasteiger partial charge in [0.2, 0.25) is 0 Å². The number of sulfonamides is 1. The molecule has 1 aliphatic rings. The highest BCUT2D eigenvalue weighted by molar-refractivity contribution is 7.92. The second kappa shape index (κ2) is 9.26. The first kappa shape index (κ1) is 22.8. The van der Waals surface area contributed by atoms with Gasteiger partial charge in [0.25, 0.3) is 10.0 Å². The molecule has 33 heavy (non-hydrogen) atoms. The van der Waals surface area contributed by atoms with Crippen molar-refractivity contribution in [2.24, 2.45) is 0 Å². The fourth-order valence-electron chi connectivity index (χ4n) is 4.42. The van der Waals surface area contributed by atoms with E-state index in [4.69, 9.17) is 10.00 Å². The summed E-state index contributed by atoms with van der Waals surface area (Å²) in [5.74, 6) is 0.789. The van der Waals surface area contributed by atoms with Crippen molar-refractivity contribution in [3.05, 3.63) is 77.4 Å². The van der Waals surface area contributed by atoms with E-state index in [0.717, 1.165) is 41.7 Å². The normalized spacial score (nSPS) is 15.5. The Morgan fingerprint density at radius 1 is 1.03 bits per heavy atom. The van der Waals surface area contributed by atoms with Crippen LogP contribution in [0.3, 0.4) is 0 Å². The van der Waals surface area contributed by atoms with Gasteiger partial charge in [-0.3, -0.25) is 4.72 Å². The van der Waals surface area contributed by atoms with Crippen LogP contribution in [0.4, 0.5) is 5.69 Å². The molecule has 1 aliphatic carbocycles. The highest BCUT2D eigenvalue weighted by atomic mass is 32.2. The molecule has 1 N–H and O–H groups in total. The van der Waals surface area contributed by atoms with Gasteiger partial charge in [0, 0.05) is 17.2 Å². The van der Waals surface area contributed by atoms with Crippen molar-refractivity contribution in [2.75, 3.05) is 25.9 Å². The van der Waals surface area contributed by atoms with E-state index in [1.165, 1.54) is 0 Å². The fraction of sp³-hybridized carbons (Fsp3) is 0.269. The molecule has 6 nitrogen and oxygen atoms in total. The molecule has 0 saturated heterocycles. The van der Waals surface area contributed by atoms with Crippen molar-refractivity contribution < 1.29 is 13.2 Å². The van der Waals surface area contributed by atoms with Gasteiger partial charge in [-0.2, -0.15) is 5.26 Å². The Bertz CT molecular complexity index is 1310. The lowest BCUT2D eigenvalue weighted by molar-refractivity contribution is 0.265. The summed E-state index contributed by atoms with van der Waals surface area (Å²) in [7, 11) is 1.92. The topological polar surface area (TPSA) is 82.4 Å². The molecule has 0 unspecified atom stereocenters. The van der Waals surface area contributed by atoms with Crippen molar-refractivity contribution in [3.8, 4) is 22.9 Å². The first-order valence-corrected chi connectivity index (χ1v) is 12.3. The molecule has 0 aromatic heterocycles. The summed E-state index contributed by atoms with van der Waals surface area (Å²) in [5, 5.41) is 9.06. The van der Waals surface area contributed by atoms with Gasteiger partial charge in [0.05, 0.1) is 29.3 Å². The van der Waals surface area contributed by atoms with Crippen molar-refractivity contribution in [2.45, 2.75) is 30.2 Å². The summed E-state index contributed by atoms with van der Waals surface area (Å²) in [5.41, 5.74) is 4.50. The number of nitrogens with zero attached hydrogens (tertiary/aromatic N) is 2. The molecular formula is C26H27N3O3S. The molecule has 0 saturated carbocycles. The fourth-order valence-corrected chi connectivity index (χ4v) is 5.74. The summed E-state index contributed by atoms with van der Waals surface area (Å²) < 4.78 is 35.5. The van der Waals surface area contributed by atoms with Crippen molar-refractivity contribution in [1.82, 2.24) is 4.90 Å². The maximum Gasteiger partial charge on any atom is 0.262 e. The quantitative estimate of drug-likeness (QED) is 0.586. The van der Waals surface area contributed by atoms with Gasteiger partial charge in [-0.05, 0) is 74.8 Å². The van der Waals surface area contributed by atoms with Gasteiger partial charge in [-0.25, -0.2) is 8.42 Å². The van der Waals surface area contributed by atoms with Crippen LogP contribution in [0.25, 0.3) is 11.1 Å². The zero-order valence-corrected chi connectivity index (χ0v) is 19.8. The summed E-state index contributed by atoms with van der Waals surface area (Å²) in [4.78, 5) is 2.40. The SMILES string of the molecule is COc1ccc(NS(=O)(=O)c2ccccc2-c2ccc(C#N)cc2)c2c1C[C@@H](N(C)C)CC2. The van der Waals surface area contributed by atoms with Gasteiger partial charge in [-0.1, -0.05) is 30.3 Å². The van der Waals surface area contributed by atoms with Crippen molar-refractivity contribution in [3.63, 3.8) is 0 Å². The number of hydrogen-bond acceptors (Lipinski definition) is 5. The van der Waals surface area contributed by atoms with E-state index >= 15 is 0 Å². The molecule has 0 fully saturated rings. The number of rotatable bonds is 6. The van der Waals surface area contributed by atoms with Crippen LogP contribution in [0.5, 0.6) is 5.75 Å². The molecular weight excluding hydrogens is 434 g/mol. The van der Waals surface area contributed by atoms with Crippen molar-refractivity contribution in [1.29, 1.82) is 5.26 Å². The van der Waals surface area contributed by atoms with Crippen LogP contribution in [-0.4, -0.2) is 40.6 Å². The minimum absolute atomic E-state index is 0.196. The van der Waals surface area contributed by atoms with Gasteiger partial charge in [0.1, 0.15) is 5.75 Å². The van der Waals surface area contributed by atoms with Crippen LogP contribution in [0.15, 0.2) is 65.6 Å². The second-order valence-electron chi connectivity index (χ2n) is 8.42. The number of fused-ring (bicyclic) bond motifs is 1. The third-order valence-corrected chi connectivity index (χ3v) is 7.68. The summed E-state index contributed by atoms with van der Waals surface area (Å²) in [6.45, 7) is 0. The number of ether oxygens (including phenoxy) is 1. The van der Waals surface area contributed by atoms with Crippen LogP contribution in [0.1, 0.15) is 23.1 Å². The molecule has 0 radical (unpaired) electrons. The van der Waals surface area contributed by atoms with Crippen molar-refractivity contribution >= 4 is 15.7 Å². The van der Waals surface area contributed by atoms with Crippen LogP contribution in [0.2, 0.25) is 0 Å². The highest BCUT2D eigenvalue weighted by Crippen LogP contribution is 2.37. The van der Waals surface area contributed by atoms with E-state index in [1.54, 1.807) is 55.6 Å². The van der Waals surface area contributed by atoms with E-state index in [1.807, 2.05) is 12.1 Å². The molecule has 3 aromatic carbocycles. The lowest BCUT2D eigenvalue weighted by Gasteiger charge is -2.32. The largest absolute Gasteiger partial charge is 0.496 e. The summed E-state index contributed by atoms with van der Waals surface area (Å²) >= 11 is 0. The van der Waals surface area contributed by atoms with Crippen LogP contribution in [-0.2, 0) is 22.9 Å². The molecule has 3 aromatic rings. The molecule has 7 heteroatoms. The van der Waals surface area contributed by atoms with Gasteiger partial charge in [0.15, 0.2) is 0 Å². The Balaban J connectivity index is 1.73. The average Bonchev–Trinajstić information content (AvgIpc) is 2.83. The summed E-state index contributed by atoms with van der Waals surface area (Å²) in [6, 6.07) is 19.9. The second-order valence-corrected chi connectivity index (χ2v) is 10.1. The van der Waals surface area contributed by atoms with E-state index in [-0.39, 0.29) is 4.90 Å². The molecule has 0 bridgehead atoms. The third-order valence-electron chi connectivity index (χ3n) is 6.25. The molecule has 170 valence electrons. The average molecular weight is 462 g/mol. The number of likely N-dealkylation sites (N-methyl/N-ethyl adjacent to an activating group) is 1. The molecule has 4 rings (SSSR count). The van der Waals surface area contributed by atoms with E-state index in [2.05, 4.69) is 29.8 Å². The number of methoxy groups -OCH3 is 1. The van der Waals surface area contributed by atoms with Gasteiger partial charge < -0.3 is 9.64 Å². The maximum absolute atomic E-state index is 13.5. The Morgan fingerprint density at radius 3 is 2.42 bits per heavy atom. The molecule has 1 atom stereocenters. The van der Waals surface area contributed by atoms with Crippen LogP contribution < -0.4 is 9.46 Å². The Labute approximate surface area is 195 Å². The van der Waals surface area contributed by atoms with E-state index < -0.39 is 10.0 Å². The van der Waals surface area contributed by atoms with Crippen LogP contribution in [0, 0.1) is 11.3 Å². The predicted octanol–water partition coefficient (Wildman–Crippen LogP) is 4.45. The minimum atomic E-state index is -3.86. The Morgan fingerprint density at radius 2 is 1.76 bits per heavy atom. The molecule has 0 amide bonds. The molecule has 0 heterocycles. The number of hydrogen-bond donors (Lipinski definition) is 1. The number of benzene rings is 3. The zero-order chi connectivity index (χ0) is 23.6. The summed E-state index contributed by atoms with van der Waals surface area (Å²) in [6.07, 6.45) is 2.52. The number of nitriles is 1. The lowest BCUT2D eigenvalue weighted by Crippen LogP contribution is -2.34. The molecule has 0 aliphatic heterocycles. The Hall–Kier alpha value is -3.34. The van der Waals surface area contributed by atoms with Crippen LogP contribution >= 0.6 is 0 Å². The minimum Gasteiger partial charge on any atom is -0.496 e.